The molecule has 1 aromatic heterocycles. The Morgan fingerprint density at radius 2 is 2.19 bits per heavy atom. The summed E-state index contributed by atoms with van der Waals surface area (Å²) in [6.07, 6.45) is 2.07. The molecule has 0 spiro atoms. The average molecular weight is 401 g/mol. The van der Waals surface area contributed by atoms with Crippen LogP contribution in [0.3, 0.4) is 0 Å². The lowest BCUT2D eigenvalue weighted by atomic mass is 10.1. The number of unbranched alkanes of at least 4 members (excludes halogenated alkanes) is 1. The number of hydrogen-bond donors (Lipinski definition) is 1. The van der Waals surface area contributed by atoms with Crippen LogP contribution >= 0.6 is 11.8 Å². The average Bonchev–Trinajstić information content (AvgIpc) is 2.93. The van der Waals surface area contributed by atoms with Gasteiger partial charge in [-0.15, -0.1) is 11.8 Å². The van der Waals surface area contributed by atoms with Gasteiger partial charge in [0.05, 0.1) is 30.1 Å². The maximum Gasteiger partial charge on any atom is 0.415 e. The molecular weight excluding hydrogens is 382 g/mol. The summed E-state index contributed by atoms with van der Waals surface area (Å²) in [4.78, 5) is 30.2. The van der Waals surface area contributed by atoms with Gasteiger partial charge >= 0.3 is 6.09 Å². The standard InChI is InChI=1S/C15H19N3O6S2/c1-26(21,22)23-7-3-2-4-10-8-18(15(20)24-10)12-6-5-11-14(16-12)17-13(19)9-25-11/h5-6,10H,2-4,7-9H2,1H3,(H,16,17,19)/t10-/m1/s1. The summed E-state index contributed by atoms with van der Waals surface area (Å²) in [5, 5.41) is 2.70. The van der Waals surface area contributed by atoms with Crippen molar-refractivity contribution in [2.45, 2.75) is 30.3 Å². The molecule has 0 radical (unpaired) electrons. The molecule has 0 saturated carbocycles. The number of ether oxygens (including phenoxy) is 1. The third-order valence-corrected chi connectivity index (χ3v) is 5.47. The Kier molecular flexibility index (Phi) is 5.68. The van der Waals surface area contributed by atoms with Crippen molar-refractivity contribution in [1.82, 2.24) is 4.98 Å². The molecule has 2 aliphatic rings. The quantitative estimate of drug-likeness (QED) is 0.541. The van der Waals surface area contributed by atoms with Gasteiger partial charge in [-0.25, -0.2) is 9.78 Å². The number of amides is 2. The Labute approximate surface area is 155 Å². The Balaban J connectivity index is 1.53. The van der Waals surface area contributed by atoms with E-state index in [-0.39, 0.29) is 18.6 Å². The van der Waals surface area contributed by atoms with E-state index in [2.05, 4.69) is 14.5 Å². The van der Waals surface area contributed by atoms with Crippen molar-refractivity contribution in [3.05, 3.63) is 12.1 Å². The van der Waals surface area contributed by atoms with Crippen LogP contribution < -0.4 is 10.2 Å². The number of fused-ring (bicyclic) bond motifs is 1. The smallest absolute Gasteiger partial charge is 0.415 e. The minimum Gasteiger partial charge on any atom is -0.444 e. The minimum absolute atomic E-state index is 0.118. The molecule has 1 N–H and O–H groups in total. The fourth-order valence-corrected chi connectivity index (χ4v) is 3.82. The fourth-order valence-electron chi connectivity index (χ4n) is 2.65. The van der Waals surface area contributed by atoms with E-state index in [1.807, 2.05) is 6.07 Å². The third-order valence-electron chi connectivity index (χ3n) is 3.83. The monoisotopic (exact) mass is 401 g/mol. The van der Waals surface area contributed by atoms with Crippen molar-refractivity contribution >= 4 is 45.5 Å². The first-order valence-corrected chi connectivity index (χ1v) is 10.9. The lowest BCUT2D eigenvalue weighted by molar-refractivity contribution is -0.113. The number of nitrogens with one attached hydrogen (secondary N) is 1. The summed E-state index contributed by atoms with van der Waals surface area (Å²) in [6.45, 7) is 0.478. The van der Waals surface area contributed by atoms with Crippen molar-refractivity contribution in [3.8, 4) is 0 Å². The first-order chi connectivity index (χ1) is 12.3. The zero-order chi connectivity index (χ0) is 18.7. The van der Waals surface area contributed by atoms with Gasteiger partial charge in [-0.05, 0) is 31.4 Å². The van der Waals surface area contributed by atoms with Crippen LogP contribution in [0.2, 0.25) is 0 Å². The van der Waals surface area contributed by atoms with Gasteiger partial charge in [-0.1, -0.05) is 0 Å². The van der Waals surface area contributed by atoms with Crippen LogP contribution in [0.15, 0.2) is 17.0 Å². The van der Waals surface area contributed by atoms with Gasteiger partial charge in [0.25, 0.3) is 10.1 Å². The van der Waals surface area contributed by atoms with E-state index in [1.54, 1.807) is 6.07 Å². The van der Waals surface area contributed by atoms with E-state index >= 15 is 0 Å². The molecule has 2 amide bonds. The van der Waals surface area contributed by atoms with Gasteiger partial charge in [0.1, 0.15) is 17.7 Å². The van der Waals surface area contributed by atoms with E-state index in [0.717, 1.165) is 11.2 Å². The van der Waals surface area contributed by atoms with E-state index in [9.17, 15) is 18.0 Å². The normalized spacial score (nSPS) is 19.9. The highest BCUT2D eigenvalue weighted by atomic mass is 32.2. The van der Waals surface area contributed by atoms with Crippen LogP contribution in [0, 0.1) is 0 Å². The van der Waals surface area contributed by atoms with E-state index < -0.39 is 16.2 Å². The number of anilines is 2. The predicted octanol–water partition coefficient (Wildman–Crippen LogP) is 1.60. The van der Waals surface area contributed by atoms with Crippen molar-refractivity contribution in [2.24, 2.45) is 0 Å². The number of carbonyl (C=O) groups is 2. The third kappa shape index (κ3) is 4.86. The minimum atomic E-state index is -3.42. The maximum atomic E-state index is 12.1. The summed E-state index contributed by atoms with van der Waals surface area (Å²) < 4.78 is 31.8. The molecule has 1 aromatic rings. The van der Waals surface area contributed by atoms with Crippen molar-refractivity contribution in [1.29, 1.82) is 0 Å². The van der Waals surface area contributed by atoms with Crippen LogP contribution in [0.5, 0.6) is 0 Å². The van der Waals surface area contributed by atoms with Crippen LogP contribution in [-0.4, -0.2) is 56.7 Å². The number of aromatic nitrogens is 1. The van der Waals surface area contributed by atoms with Gasteiger partial charge in [-0.3, -0.25) is 13.9 Å². The Morgan fingerprint density at radius 1 is 1.38 bits per heavy atom. The number of thioether (sulfide) groups is 1. The summed E-state index contributed by atoms with van der Waals surface area (Å²) in [5.41, 5.74) is 0. The van der Waals surface area contributed by atoms with Gasteiger partial charge in [0.2, 0.25) is 5.91 Å². The van der Waals surface area contributed by atoms with Crippen molar-refractivity contribution in [2.75, 3.05) is 35.4 Å². The molecule has 1 fully saturated rings. The second kappa shape index (κ2) is 7.80. The zero-order valence-electron chi connectivity index (χ0n) is 14.1. The molecule has 0 aromatic carbocycles. The van der Waals surface area contributed by atoms with Gasteiger partial charge in [-0.2, -0.15) is 8.42 Å². The maximum absolute atomic E-state index is 12.1. The molecule has 3 rings (SSSR count). The molecule has 9 nitrogen and oxygen atoms in total. The predicted molar refractivity (Wildman–Crippen MR) is 95.9 cm³/mol. The van der Waals surface area contributed by atoms with Crippen LogP contribution in [0.4, 0.5) is 16.4 Å². The molecular formula is C15H19N3O6S2. The van der Waals surface area contributed by atoms with Crippen molar-refractivity contribution in [3.63, 3.8) is 0 Å². The number of rotatable bonds is 7. The molecule has 2 aliphatic heterocycles. The molecule has 3 heterocycles. The van der Waals surface area contributed by atoms with E-state index in [4.69, 9.17) is 4.74 Å². The lowest BCUT2D eigenvalue weighted by Crippen LogP contribution is -2.27. The zero-order valence-corrected chi connectivity index (χ0v) is 15.8. The highest BCUT2D eigenvalue weighted by Gasteiger charge is 2.33. The highest BCUT2D eigenvalue weighted by molar-refractivity contribution is 8.00. The fraction of sp³-hybridized carbons (Fsp3) is 0.533. The van der Waals surface area contributed by atoms with Crippen LogP contribution in [0.1, 0.15) is 19.3 Å². The highest BCUT2D eigenvalue weighted by Crippen LogP contribution is 2.32. The van der Waals surface area contributed by atoms with E-state index in [1.165, 1.54) is 16.7 Å². The Hall–Kier alpha value is -1.85. The van der Waals surface area contributed by atoms with Gasteiger partial charge in [0, 0.05) is 0 Å². The SMILES string of the molecule is CS(=O)(=O)OCCCC[C@@H]1CN(c2ccc3c(n2)NC(=O)CS3)C(=O)O1. The lowest BCUT2D eigenvalue weighted by Gasteiger charge is -2.18. The number of hydrogen-bond acceptors (Lipinski definition) is 8. The molecule has 142 valence electrons. The van der Waals surface area contributed by atoms with Gasteiger partial charge < -0.3 is 10.1 Å². The topological polar surface area (TPSA) is 115 Å². The number of cyclic esters (lactones) is 1. The largest absolute Gasteiger partial charge is 0.444 e. The molecule has 0 bridgehead atoms. The number of carbonyl (C=O) groups excluding carboxylic acids is 2. The first-order valence-electron chi connectivity index (χ1n) is 8.08. The Morgan fingerprint density at radius 3 is 2.96 bits per heavy atom. The molecule has 26 heavy (non-hydrogen) atoms. The van der Waals surface area contributed by atoms with Crippen LogP contribution in [-0.2, 0) is 23.8 Å². The molecule has 11 heteroatoms. The summed E-state index contributed by atoms with van der Waals surface area (Å²) >= 11 is 1.40. The molecule has 1 atom stereocenters. The molecule has 0 aliphatic carbocycles. The Bertz CT molecular complexity index is 814. The van der Waals surface area contributed by atoms with Crippen LogP contribution in [0.25, 0.3) is 0 Å². The summed E-state index contributed by atoms with van der Waals surface area (Å²) in [5.74, 6) is 1.12. The number of nitrogens with zero attached hydrogens (tertiary/aromatic N) is 2. The van der Waals surface area contributed by atoms with E-state index in [0.29, 0.717) is 43.2 Å². The second-order valence-corrected chi connectivity index (χ2v) is 8.65. The summed E-state index contributed by atoms with van der Waals surface area (Å²) in [6, 6.07) is 3.55. The van der Waals surface area contributed by atoms with Gasteiger partial charge in [0.15, 0.2) is 0 Å². The van der Waals surface area contributed by atoms with Crippen molar-refractivity contribution < 1.29 is 26.9 Å². The molecule has 1 saturated heterocycles. The molecule has 0 unspecified atom stereocenters. The second-order valence-electron chi connectivity index (χ2n) is 5.99. The summed E-state index contributed by atoms with van der Waals surface area (Å²) in [7, 11) is -3.42. The number of pyridine rings is 1. The first kappa shape index (κ1) is 18.9.